The van der Waals surface area contributed by atoms with Gasteiger partial charge in [0.15, 0.2) is 27.1 Å². The second-order valence-corrected chi connectivity index (χ2v) is 13.0. The minimum atomic E-state index is -3.65. The molecule has 2 N–H and O–H groups in total. The van der Waals surface area contributed by atoms with Gasteiger partial charge in [0.1, 0.15) is 17.2 Å². The zero-order valence-electron chi connectivity index (χ0n) is 21.6. The quantitative estimate of drug-likeness (QED) is 0.315. The summed E-state index contributed by atoms with van der Waals surface area (Å²) in [7, 11) is -3.65. The number of aliphatic hydroxyl groups excluding tert-OH is 1. The lowest BCUT2D eigenvalue weighted by Crippen LogP contribution is -2.35. The molecule has 10 nitrogen and oxygen atoms in total. The average molecular weight is 566 g/mol. The number of sulfone groups is 1. The number of fused-ring (bicyclic) bond motifs is 1. The third-order valence-corrected chi connectivity index (χ3v) is 9.50. The van der Waals surface area contributed by atoms with Crippen LogP contribution in [0.1, 0.15) is 47.1 Å². The van der Waals surface area contributed by atoms with Gasteiger partial charge in [0.2, 0.25) is 0 Å². The van der Waals surface area contributed by atoms with Crippen molar-refractivity contribution < 1.29 is 22.7 Å². The number of oxazole rings is 1. The van der Waals surface area contributed by atoms with Crippen LogP contribution in [0, 0.1) is 12.8 Å². The predicted molar refractivity (Wildman–Crippen MR) is 146 cm³/mol. The lowest BCUT2D eigenvalue weighted by atomic mass is 10.0. The second kappa shape index (κ2) is 9.54. The number of hydrogen-bond acceptors (Lipinski definition) is 10. The Bertz CT molecular complexity index is 1710. The average Bonchev–Trinajstić information content (AvgIpc) is 3.39. The Labute approximate surface area is 229 Å². The summed E-state index contributed by atoms with van der Waals surface area (Å²) in [5.41, 5.74) is 3.37. The Morgan fingerprint density at radius 2 is 2.05 bits per heavy atom. The van der Waals surface area contributed by atoms with E-state index < -0.39 is 9.84 Å². The SMILES string of the molecule is Cc1nc(Nc2cccc(-c3ocnc3CO)n2)sc1-c1cc2c(c(S(C)(=O)=O)c1)C(=O)N([C@@H](C)C1CC1)C2. The van der Waals surface area contributed by atoms with E-state index in [4.69, 9.17) is 4.42 Å². The van der Waals surface area contributed by atoms with E-state index in [0.717, 1.165) is 35.2 Å². The maximum Gasteiger partial charge on any atom is 0.256 e. The minimum Gasteiger partial charge on any atom is -0.441 e. The molecule has 1 amide bonds. The maximum atomic E-state index is 13.3. The number of amides is 1. The molecule has 0 saturated heterocycles. The number of anilines is 2. The van der Waals surface area contributed by atoms with Crippen LogP contribution in [0.25, 0.3) is 21.9 Å². The number of carbonyl (C=O) groups excluding carboxylic acids is 1. The highest BCUT2D eigenvalue weighted by Crippen LogP contribution is 2.42. The summed E-state index contributed by atoms with van der Waals surface area (Å²) in [5.74, 6) is 1.19. The number of thiazole rings is 1. The molecule has 4 heterocycles. The summed E-state index contributed by atoms with van der Waals surface area (Å²) in [4.78, 5) is 29.2. The summed E-state index contributed by atoms with van der Waals surface area (Å²) in [6, 6.07) is 8.95. The van der Waals surface area contributed by atoms with Gasteiger partial charge in [-0.3, -0.25) is 4.79 Å². The van der Waals surface area contributed by atoms with Crippen molar-refractivity contribution >= 4 is 38.0 Å². The highest BCUT2D eigenvalue weighted by Gasteiger charge is 2.41. The van der Waals surface area contributed by atoms with Crippen LogP contribution >= 0.6 is 11.3 Å². The predicted octanol–water partition coefficient (Wildman–Crippen LogP) is 4.56. The molecule has 12 heteroatoms. The largest absolute Gasteiger partial charge is 0.441 e. The Morgan fingerprint density at radius 1 is 1.26 bits per heavy atom. The highest BCUT2D eigenvalue weighted by molar-refractivity contribution is 7.90. The van der Waals surface area contributed by atoms with Crippen molar-refractivity contribution in [2.75, 3.05) is 11.6 Å². The van der Waals surface area contributed by atoms with E-state index in [0.29, 0.717) is 51.7 Å². The van der Waals surface area contributed by atoms with Crippen LogP contribution in [-0.4, -0.2) is 51.6 Å². The van der Waals surface area contributed by atoms with Crippen LogP contribution in [0.5, 0.6) is 0 Å². The number of aryl methyl sites for hydroxylation is 1. The Hall–Kier alpha value is -3.61. The summed E-state index contributed by atoms with van der Waals surface area (Å²) in [6.45, 7) is 4.05. The van der Waals surface area contributed by atoms with Gasteiger partial charge in [0.05, 0.1) is 27.6 Å². The molecule has 4 aromatic rings. The Kier molecular flexibility index (Phi) is 6.28. The molecule has 1 fully saturated rings. The van der Waals surface area contributed by atoms with E-state index in [1.807, 2.05) is 24.8 Å². The van der Waals surface area contributed by atoms with Crippen LogP contribution in [0.4, 0.5) is 10.9 Å². The molecule has 2 aliphatic rings. The fourth-order valence-corrected chi connectivity index (χ4v) is 6.96. The van der Waals surface area contributed by atoms with Crippen molar-refractivity contribution in [3.8, 4) is 21.9 Å². The molecule has 1 atom stereocenters. The molecule has 0 bridgehead atoms. The maximum absolute atomic E-state index is 13.3. The van der Waals surface area contributed by atoms with Crippen molar-refractivity contribution in [1.82, 2.24) is 19.9 Å². The van der Waals surface area contributed by atoms with Crippen LogP contribution in [0.2, 0.25) is 0 Å². The number of hydrogen-bond donors (Lipinski definition) is 2. The summed E-state index contributed by atoms with van der Waals surface area (Å²) in [6.07, 6.45) is 4.61. The summed E-state index contributed by atoms with van der Waals surface area (Å²) in [5, 5.41) is 13.3. The number of benzene rings is 1. The van der Waals surface area contributed by atoms with E-state index in [-0.39, 0.29) is 23.5 Å². The molecule has 3 aromatic heterocycles. The molecule has 39 heavy (non-hydrogen) atoms. The number of pyridine rings is 1. The first-order chi connectivity index (χ1) is 18.6. The number of rotatable bonds is 8. The fourth-order valence-electron chi connectivity index (χ4n) is 5.07. The van der Waals surface area contributed by atoms with Crippen molar-refractivity contribution in [2.24, 2.45) is 5.92 Å². The van der Waals surface area contributed by atoms with E-state index in [1.54, 1.807) is 24.3 Å². The van der Waals surface area contributed by atoms with Gasteiger partial charge < -0.3 is 19.7 Å². The molecule has 202 valence electrons. The summed E-state index contributed by atoms with van der Waals surface area (Å²) < 4.78 is 31.0. The summed E-state index contributed by atoms with van der Waals surface area (Å²) >= 11 is 1.37. The molecule has 1 aliphatic carbocycles. The van der Waals surface area contributed by atoms with Crippen molar-refractivity contribution in [1.29, 1.82) is 0 Å². The van der Waals surface area contributed by atoms with Gasteiger partial charge in [0, 0.05) is 18.8 Å². The Morgan fingerprint density at radius 3 is 2.77 bits per heavy atom. The molecule has 6 rings (SSSR count). The van der Waals surface area contributed by atoms with Gasteiger partial charge in [-0.05, 0) is 68.0 Å². The van der Waals surface area contributed by atoms with Crippen molar-refractivity contribution in [2.45, 2.75) is 50.8 Å². The molecule has 0 spiro atoms. The molecule has 1 saturated carbocycles. The zero-order valence-corrected chi connectivity index (χ0v) is 23.3. The molecule has 1 aliphatic heterocycles. The minimum absolute atomic E-state index is 0.0638. The molecule has 0 unspecified atom stereocenters. The molecular weight excluding hydrogens is 538 g/mol. The van der Waals surface area contributed by atoms with E-state index in [2.05, 4.69) is 20.3 Å². The zero-order chi connectivity index (χ0) is 27.5. The van der Waals surface area contributed by atoms with Gasteiger partial charge in [-0.15, -0.1) is 0 Å². The van der Waals surface area contributed by atoms with Gasteiger partial charge >= 0.3 is 0 Å². The first-order valence-electron chi connectivity index (χ1n) is 12.6. The van der Waals surface area contributed by atoms with E-state index in [9.17, 15) is 18.3 Å². The lowest BCUT2D eigenvalue weighted by Gasteiger charge is -2.24. The monoisotopic (exact) mass is 565 g/mol. The van der Waals surface area contributed by atoms with Gasteiger partial charge in [-0.25, -0.2) is 23.4 Å². The van der Waals surface area contributed by atoms with E-state index >= 15 is 0 Å². The van der Waals surface area contributed by atoms with Crippen LogP contribution in [0.3, 0.4) is 0 Å². The number of aromatic nitrogens is 3. The van der Waals surface area contributed by atoms with E-state index in [1.165, 1.54) is 17.7 Å². The standard InChI is InChI=1S/C27H27N5O5S2/c1-14-25(38-27(29-14)31-22-6-4-5-19(30-22)24-20(12-33)28-13-37-24)17-9-18-11-32(15(2)16-7-8-16)26(34)23(18)21(10-17)39(3,35)36/h4-6,9-10,13,15-16,33H,7-8,11-12H2,1-3H3,(H,29,30,31)/t15-/m0/s1. The van der Waals surface area contributed by atoms with Crippen LogP contribution in [0.15, 0.2) is 46.0 Å². The third kappa shape index (κ3) is 4.72. The third-order valence-electron chi connectivity index (χ3n) is 7.26. The van der Waals surface area contributed by atoms with Gasteiger partial charge in [-0.2, -0.15) is 0 Å². The lowest BCUT2D eigenvalue weighted by molar-refractivity contribution is 0.0694. The Balaban J connectivity index is 1.33. The number of carbonyl (C=O) groups is 1. The first-order valence-corrected chi connectivity index (χ1v) is 15.3. The number of nitrogens with one attached hydrogen (secondary N) is 1. The molecular formula is C27H27N5O5S2. The van der Waals surface area contributed by atoms with Gasteiger partial charge in [-0.1, -0.05) is 17.4 Å². The van der Waals surface area contributed by atoms with Crippen molar-refractivity contribution in [3.63, 3.8) is 0 Å². The van der Waals surface area contributed by atoms with Crippen molar-refractivity contribution in [3.05, 3.63) is 59.2 Å². The number of aliphatic hydroxyl groups is 1. The highest BCUT2D eigenvalue weighted by atomic mass is 32.2. The normalized spacial score (nSPS) is 16.0. The molecule has 1 aromatic carbocycles. The van der Waals surface area contributed by atoms with Gasteiger partial charge in [0.25, 0.3) is 5.91 Å². The molecule has 0 radical (unpaired) electrons. The first kappa shape index (κ1) is 25.7. The van der Waals surface area contributed by atoms with Crippen LogP contribution < -0.4 is 5.32 Å². The van der Waals surface area contributed by atoms with Crippen LogP contribution in [-0.2, 0) is 23.0 Å². The topological polar surface area (TPSA) is 139 Å². The second-order valence-electron chi connectivity index (χ2n) is 10.0. The smallest absolute Gasteiger partial charge is 0.256 e. The number of nitrogens with zero attached hydrogens (tertiary/aromatic N) is 4. The fraction of sp³-hybridized carbons (Fsp3) is 0.333.